The Morgan fingerprint density at radius 1 is 0.569 bits per heavy atom. The van der Waals surface area contributed by atoms with Crippen LogP contribution in [0.15, 0.2) is 91.2 Å². The predicted molar refractivity (Wildman–Crippen MR) is 376 cm³/mol. The van der Waals surface area contributed by atoms with Gasteiger partial charge in [0.15, 0.2) is 34.0 Å². The number of hydrogen-bond acceptors (Lipinski definition) is 20. The van der Waals surface area contributed by atoms with E-state index in [0.29, 0.717) is 102 Å². The van der Waals surface area contributed by atoms with Gasteiger partial charge in [0.1, 0.15) is 37.9 Å². The summed E-state index contributed by atoms with van der Waals surface area (Å²) in [4.78, 5) is 73.6. The van der Waals surface area contributed by atoms with Gasteiger partial charge >= 0.3 is 0 Å². The number of halogens is 10. The van der Waals surface area contributed by atoms with E-state index in [1.165, 1.54) is 57.4 Å². The maximum Gasteiger partial charge on any atom is 0.266 e. The fourth-order valence-corrected chi connectivity index (χ4v) is 13.3. The second kappa shape index (κ2) is 33.6. The monoisotopic (exact) mass is 1570 g/mol. The number of aldehydes is 1. The number of rotatable bonds is 12. The highest BCUT2D eigenvalue weighted by Gasteiger charge is 2.38. The van der Waals surface area contributed by atoms with Gasteiger partial charge in [0.25, 0.3) is 12.2 Å². The van der Waals surface area contributed by atoms with Gasteiger partial charge in [-0.25, -0.2) is 38.0 Å². The van der Waals surface area contributed by atoms with E-state index in [2.05, 4.69) is 91.4 Å². The SMILES string of the molecule is C1N2CN3CN1CN(C2)C3.Clc1ccc2nc(C3CC3)cn2n1.Nc1ccc(Cl)nn1.O=C(CBr)C1CC1.O=C1CC(C=C(F)F)CN1.O=C1CC(C=C(F)F)CN1Cc1c(C2CC2)nc2ccc(Cl)nn12.O=Cc1c(C2CC2)nc2ccc(Cl)nn12.OCc1c(C2CC2)nc2ccc(Cl)nn12. The average molecular weight is 1570 g/mol. The van der Waals surface area contributed by atoms with Crippen molar-refractivity contribution in [3.63, 3.8) is 0 Å². The highest BCUT2D eigenvalue weighted by Crippen LogP contribution is 2.44. The third-order valence-corrected chi connectivity index (χ3v) is 19.2. The Bertz CT molecular complexity index is 4480. The zero-order valence-electron chi connectivity index (χ0n) is 54.8. The molecule has 9 aromatic rings. The zero-order chi connectivity index (χ0) is 71.9. The molecule has 11 aliphatic rings. The van der Waals surface area contributed by atoms with Gasteiger partial charge in [-0.3, -0.25) is 38.8 Å². The fraction of sp³-hybridized carbons (Fsp3) is 0.455. The van der Waals surface area contributed by atoms with Crippen molar-refractivity contribution in [2.45, 2.75) is 114 Å². The molecule has 6 aliphatic heterocycles. The Morgan fingerprint density at radius 3 is 1.49 bits per heavy atom. The van der Waals surface area contributed by atoms with Gasteiger partial charge in [-0.05, 0) is 137 Å². The Kier molecular flexibility index (Phi) is 24.4. The van der Waals surface area contributed by atoms with Crippen LogP contribution in [0.4, 0.5) is 23.4 Å². The number of aromatic nitrogens is 14. The van der Waals surface area contributed by atoms with E-state index in [4.69, 9.17) is 63.7 Å². The number of carbonyl (C=O) groups excluding carboxylic acids is 4. The Hall–Kier alpha value is -7.43. The van der Waals surface area contributed by atoms with Crippen LogP contribution in [-0.4, -0.2) is 181 Å². The summed E-state index contributed by atoms with van der Waals surface area (Å²) in [6.45, 7) is 8.03. The van der Waals surface area contributed by atoms with Crippen molar-refractivity contribution >= 4 is 126 Å². The quantitative estimate of drug-likeness (QED) is 0.0582. The van der Waals surface area contributed by atoms with Crippen LogP contribution >= 0.6 is 73.9 Å². The van der Waals surface area contributed by atoms with Crippen molar-refractivity contribution in [1.82, 2.24) is 98.4 Å². The van der Waals surface area contributed by atoms with Crippen LogP contribution in [0.25, 0.3) is 22.6 Å². The molecule has 5 saturated carbocycles. The minimum Gasteiger partial charge on any atom is -0.390 e. The first-order chi connectivity index (χ1) is 49.1. The van der Waals surface area contributed by atoms with Gasteiger partial charge in [0.05, 0.1) is 98.9 Å². The van der Waals surface area contributed by atoms with Crippen molar-refractivity contribution in [2.75, 3.05) is 64.2 Å². The highest BCUT2D eigenvalue weighted by molar-refractivity contribution is 9.09. The van der Waals surface area contributed by atoms with Crippen molar-refractivity contribution in [1.29, 1.82) is 0 Å². The molecule has 102 heavy (non-hydrogen) atoms. The summed E-state index contributed by atoms with van der Waals surface area (Å²) in [6, 6.07) is 17.3. The largest absolute Gasteiger partial charge is 0.390 e. The molecule has 6 saturated heterocycles. The van der Waals surface area contributed by atoms with E-state index in [1.54, 1.807) is 67.0 Å². The molecule has 2 amide bonds. The highest BCUT2D eigenvalue weighted by atomic mass is 79.9. The maximum absolute atomic E-state index is 12.4. The molecule has 11 fully saturated rings. The second-order valence-corrected chi connectivity index (χ2v) is 28.6. The molecular formula is C66H71BrCl5F4N21O5. The topological polar surface area (TPSA) is 289 Å². The molecule has 4 N–H and O–H groups in total. The molecular weight excluding hydrogens is 1500 g/mol. The summed E-state index contributed by atoms with van der Waals surface area (Å²) in [5.74, 6) is 2.16. The number of aliphatic hydroxyl groups is 1. The number of alkyl halides is 1. The van der Waals surface area contributed by atoms with Crippen LogP contribution < -0.4 is 11.1 Å². The molecule has 9 aromatic heterocycles. The molecule has 5 aliphatic carbocycles. The third-order valence-electron chi connectivity index (χ3n) is 17.6. The molecule has 15 heterocycles. The zero-order valence-corrected chi connectivity index (χ0v) is 60.2. The number of amides is 2. The van der Waals surface area contributed by atoms with E-state index in [-0.39, 0.29) is 43.7 Å². The number of imidazole rings is 4. The fourth-order valence-electron chi connectivity index (χ4n) is 12.2. The minimum absolute atomic E-state index is 0.0413. The first kappa shape index (κ1) is 74.3. The molecule has 20 rings (SSSR count). The number of likely N-dealkylation sites (tertiary alicyclic amines) is 1. The van der Waals surface area contributed by atoms with E-state index < -0.39 is 18.1 Å². The van der Waals surface area contributed by atoms with Gasteiger partial charge in [-0.15, -0.1) is 10.2 Å². The standard InChI is InChI=1S/C16H15ClF2N4O.C10H10ClN3O.C10H8ClN3O.C9H8ClN3.C6H7F2NO.C6H12N4.C5H7BrO.C4H4ClN3/c17-12-3-4-14-20-16(10-1-2-10)11(23(14)21-12)8-22-7-9(5-13(18)19)6-15(22)24;2*11-8-3-4-9-12-10(6-1-2-6)7(5-15)14(9)13-8;10-8-3-4-9-11-7(6-1-2-6)5-13(9)12-8;7-5(8)1-4-2-6(10)9-3-4;1-7-2-9-4-8(1)5-10(3-7)6-9;6-3-5(7)4-1-2-4;5-3-1-2-4(6)8-7-3/h3-5,9-10H,1-2,6-8H2;3-4,6,15H,1-2,5H2;3-6H,1-2H2;3-6H,1-2H2;1,4H,2-3H2,(H,9,10);1-6H2;4H,1-3H2;1-2H,(H2,6,8). The number of ketones is 1. The van der Waals surface area contributed by atoms with Gasteiger partial charge in [0, 0.05) is 67.4 Å². The number of nitrogens with two attached hydrogens (primary N) is 1. The molecule has 36 heteroatoms. The Balaban J connectivity index is 0.000000113. The number of anilines is 1. The van der Waals surface area contributed by atoms with Crippen LogP contribution in [0.2, 0.25) is 25.8 Å². The Labute approximate surface area is 615 Å². The molecule has 0 radical (unpaired) electrons. The molecule has 2 atom stereocenters. The summed E-state index contributed by atoms with van der Waals surface area (Å²) in [5, 5.41) is 37.9. The van der Waals surface area contributed by atoms with E-state index in [9.17, 15) is 41.8 Å². The van der Waals surface area contributed by atoms with Crippen LogP contribution in [0.5, 0.6) is 0 Å². The normalized spacial score (nSPS) is 21.8. The maximum atomic E-state index is 12.4. The van der Waals surface area contributed by atoms with Gasteiger partial charge in [-0.1, -0.05) is 73.9 Å². The summed E-state index contributed by atoms with van der Waals surface area (Å²) in [7, 11) is 0. The average Bonchev–Trinajstić information content (AvgIpc) is 1.47. The summed E-state index contributed by atoms with van der Waals surface area (Å²) >= 11 is 31.8. The van der Waals surface area contributed by atoms with Crippen molar-refractivity contribution in [2.24, 2.45) is 17.8 Å². The van der Waals surface area contributed by atoms with Gasteiger partial charge < -0.3 is 21.1 Å². The van der Waals surface area contributed by atoms with Crippen molar-refractivity contribution in [3.8, 4) is 0 Å². The molecule has 26 nitrogen and oxygen atoms in total. The summed E-state index contributed by atoms with van der Waals surface area (Å²) in [5.41, 5.74) is 14.3. The number of nitrogens with zero attached hydrogens (tertiary/aromatic N) is 19. The third kappa shape index (κ3) is 20.1. The van der Waals surface area contributed by atoms with Crippen molar-refractivity contribution < 1.29 is 41.8 Å². The van der Waals surface area contributed by atoms with Crippen LogP contribution in [0, 0.1) is 17.8 Å². The summed E-state index contributed by atoms with van der Waals surface area (Å²) in [6.07, 6.45) is 12.8. The number of nitrogen functional groups attached to an aromatic ring is 1. The first-order valence-electron chi connectivity index (χ1n) is 33.2. The predicted octanol–water partition coefficient (Wildman–Crippen LogP) is 11.4. The Morgan fingerprint density at radius 2 is 1.04 bits per heavy atom. The lowest BCUT2D eigenvalue weighted by molar-refractivity contribution is -0.194. The number of hydrogen-bond donors (Lipinski definition) is 3. The number of nitrogens with one attached hydrogen (secondary N) is 1. The molecule has 2 unspecified atom stereocenters. The molecule has 0 aromatic carbocycles. The first-order valence-corrected chi connectivity index (χ1v) is 36.2. The van der Waals surface area contributed by atoms with Crippen LogP contribution in [0.1, 0.15) is 145 Å². The van der Waals surface area contributed by atoms with E-state index >= 15 is 0 Å². The lowest BCUT2D eigenvalue weighted by atomic mass is 10.1. The van der Waals surface area contributed by atoms with Crippen LogP contribution in [-0.2, 0) is 27.5 Å². The lowest BCUT2D eigenvalue weighted by Gasteiger charge is -2.56. The number of Topliss-reactive ketones (excluding diaryl/α,β-unsaturated/α-hetero) is 1. The van der Waals surface area contributed by atoms with Gasteiger partial charge in [-0.2, -0.15) is 38.0 Å². The number of carbonyl (C=O) groups is 4. The molecule has 0 spiro atoms. The number of aliphatic hydroxyl groups excluding tert-OH is 1. The smallest absolute Gasteiger partial charge is 0.266 e. The van der Waals surface area contributed by atoms with E-state index in [1.807, 2.05) is 18.3 Å². The van der Waals surface area contributed by atoms with Gasteiger partial charge in [0.2, 0.25) is 11.8 Å². The van der Waals surface area contributed by atoms with Crippen LogP contribution in [0.3, 0.4) is 0 Å². The van der Waals surface area contributed by atoms with Crippen molar-refractivity contribution in [3.05, 3.63) is 157 Å². The molecule has 540 valence electrons. The number of fused-ring (bicyclic) bond motifs is 4. The summed E-state index contributed by atoms with van der Waals surface area (Å²) < 4.78 is 54.5. The lowest BCUT2D eigenvalue weighted by Crippen LogP contribution is -2.71. The van der Waals surface area contributed by atoms with E-state index in [0.717, 1.165) is 115 Å². The second-order valence-electron chi connectivity index (χ2n) is 26.2. The molecule has 4 bridgehead atoms. The minimum atomic E-state index is -1.74.